The van der Waals surface area contributed by atoms with E-state index in [9.17, 15) is 0 Å². The topological polar surface area (TPSA) is 0 Å². The molecule has 212 valence electrons. The van der Waals surface area contributed by atoms with Gasteiger partial charge in [-0.2, -0.15) is 0 Å². The van der Waals surface area contributed by atoms with Crippen LogP contribution in [0.25, 0.3) is 21.9 Å². The third-order valence-corrected chi connectivity index (χ3v) is 7.93. The number of rotatable bonds is 4. The van der Waals surface area contributed by atoms with Crippen LogP contribution in [0.3, 0.4) is 0 Å². The van der Waals surface area contributed by atoms with E-state index in [1.165, 1.54) is 60.8 Å². The van der Waals surface area contributed by atoms with Crippen LogP contribution in [0.4, 0.5) is 0 Å². The van der Waals surface area contributed by atoms with Gasteiger partial charge in [-0.15, -0.1) is 0 Å². The van der Waals surface area contributed by atoms with E-state index in [0.29, 0.717) is 5.92 Å². The van der Waals surface area contributed by atoms with E-state index in [4.69, 9.17) is 0 Å². The zero-order valence-corrected chi connectivity index (χ0v) is 26.1. The smallest absolute Gasteiger partial charge is 0.00928 e. The molecule has 0 N–H and O–H groups in total. The molecule has 0 spiro atoms. The summed E-state index contributed by atoms with van der Waals surface area (Å²) in [7, 11) is 0. The van der Waals surface area contributed by atoms with E-state index in [0.717, 1.165) is 6.42 Å². The molecule has 0 amide bonds. The average molecular weight is 549 g/mol. The predicted octanol–water partition coefficient (Wildman–Crippen LogP) is 12.0. The summed E-state index contributed by atoms with van der Waals surface area (Å²) in [6.07, 6.45) is 1.10. The molecule has 0 nitrogen and oxygen atoms in total. The van der Waals surface area contributed by atoms with Gasteiger partial charge < -0.3 is 0 Å². The molecule has 0 heteroatoms. The molecule has 0 saturated carbocycles. The number of hydrogen-bond donors (Lipinski definition) is 0. The summed E-state index contributed by atoms with van der Waals surface area (Å²) in [6, 6.07) is 49.6. The Kier molecular flexibility index (Phi) is 10.9. The summed E-state index contributed by atoms with van der Waals surface area (Å²) in [4.78, 5) is 0. The first-order chi connectivity index (χ1) is 20.4. The predicted molar refractivity (Wildman–Crippen MR) is 185 cm³/mol. The van der Waals surface area contributed by atoms with Crippen molar-refractivity contribution >= 4 is 10.8 Å². The zero-order valence-electron chi connectivity index (χ0n) is 26.1. The summed E-state index contributed by atoms with van der Waals surface area (Å²) in [5.74, 6) is 0.436. The van der Waals surface area contributed by atoms with Crippen molar-refractivity contribution in [1.82, 2.24) is 0 Å². The summed E-state index contributed by atoms with van der Waals surface area (Å²) < 4.78 is 0. The molecule has 1 unspecified atom stereocenters. The maximum atomic E-state index is 2.34. The van der Waals surface area contributed by atoms with Crippen molar-refractivity contribution in [2.24, 2.45) is 0 Å². The van der Waals surface area contributed by atoms with E-state index < -0.39 is 0 Å². The summed E-state index contributed by atoms with van der Waals surface area (Å²) in [5, 5.41) is 2.75. The Labute approximate surface area is 253 Å². The highest BCUT2D eigenvalue weighted by molar-refractivity contribution is 5.88. The van der Waals surface area contributed by atoms with Crippen molar-refractivity contribution in [2.45, 2.75) is 53.9 Å². The zero-order chi connectivity index (χ0) is 29.9. The van der Waals surface area contributed by atoms with Crippen molar-refractivity contribution in [3.63, 3.8) is 0 Å². The molecule has 0 radical (unpaired) electrons. The largest absolute Gasteiger partial charge is 0.0645 e. The maximum absolute atomic E-state index is 2.34. The van der Waals surface area contributed by atoms with Crippen molar-refractivity contribution in [1.29, 1.82) is 0 Å². The van der Waals surface area contributed by atoms with Crippen LogP contribution in [0.5, 0.6) is 0 Å². The van der Waals surface area contributed by atoms with Gasteiger partial charge in [-0.3, -0.25) is 0 Å². The van der Waals surface area contributed by atoms with E-state index in [-0.39, 0.29) is 0 Å². The van der Waals surface area contributed by atoms with Crippen molar-refractivity contribution in [2.75, 3.05) is 0 Å². The van der Waals surface area contributed by atoms with Crippen LogP contribution in [-0.2, 0) is 0 Å². The van der Waals surface area contributed by atoms with E-state index >= 15 is 0 Å². The molecule has 0 aliphatic rings. The third-order valence-electron chi connectivity index (χ3n) is 7.93. The van der Waals surface area contributed by atoms with Crippen LogP contribution >= 0.6 is 0 Å². The molecule has 0 fully saturated rings. The molecule has 0 heterocycles. The standard InChI is InChI=1S/C23H24.C12H12.C7H8/c1-4-20(19-11-6-5-7-12-19)22-15-14-17(2)16-23(22)21-13-9-8-10-18(21)3;1-9-5-3-8-12-10(2)6-4-7-11(9)12;1-7-5-3-2-4-6-7/h5-16,20H,4H2,1-3H3;3-8H,1-2H3;2-6H,1H3. The molecule has 0 aliphatic heterocycles. The lowest BCUT2D eigenvalue weighted by molar-refractivity contribution is 0.778. The minimum Gasteiger partial charge on any atom is -0.0645 e. The first kappa shape index (κ1) is 30.5. The third kappa shape index (κ3) is 7.86. The molecule has 6 aromatic rings. The fourth-order valence-electron chi connectivity index (χ4n) is 5.56. The Morgan fingerprint density at radius 2 is 0.952 bits per heavy atom. The number of fused-ring (bicyclic) bond motifs is 1. The minimum absolute atomic E-state index is 0.436. The number of benzene rings is 6. The van der Waals surface area contributed by atoms with Crippen LogP contribution in [0, 0.1) is 34.6 Å². The highest BCUT2D eigenvalue weighted by Crippen LogP contribution is 2.37. The molecule has 0 aliphatic carbocycles. The Hall–Kier alpha value is -4.42. The van der Waals surface area contributed by atoms with Gasteiger partial charge in [-0.05, 0) is 90.8 Å². The Morgan fingerprint density at radius 3 is 1.48 bits per heavy atom. The van der Waals surface area contributed by atoms with Gasteiger partial charge in [0, 0.05) is 5.92 Å². The van der Waals surface area contributed by atoms with Crippen LogP contribution in [0.1, 0.15) is 58.2 Å². The van der Waals surface area contributed by atoms with Crippen molar-refractivity contribution in [3.8, 4) is 11.1 Å². The first-order valence-corrected chi connectivity index (χ1v) is 15.1. The fourth-order valence-corrected chi connectivity index (χ4v) is 5.56. The molecule has 1 atom stereocenters. The monoisotopic (exact) mass is 548 g/mol. The van der Waals surface area contributed by atoms with Crippen LogP contribution in [0.2, 0.25) is 0 Å². The molecular weight excluding hydrogens is 504 g/mol. The van der Waals surface area contributed by atoms with Crippen molar-refractivity contribution < 1.29 is 0 Å². The second-order valence-electron chi connectivity index (χ2n) is 11.2. The second kappa shape index (κ2) is 15.0. The molecule has 42 heavy (non-hydrogen) atoms. The van der Waals surface area contributed by atoms with Gasteiger partial charge in [0.05, 0.1) is 0 Å². The molecule has 6 rings (SSSR count). The van der Waals surface area contributed by atoms with Crippen LogP contribution in [0.15, 0.2) is 140 Å². The lowest BCUT2D eigenvalue weighted by Gasteiger charge is -2.21. The maximum Gasteiger partial charge on any atom is 0.00928 e. The molecular formula is C42H44. The van der Waals surface area contributed by atoms with Gasteiger partial charge in [-0.1, -0.05) is 158 Å². The average Bonchev–Trinajstić information content (AvgIpc) is 3.01. The molecule has 0 saturated heterocycles. The normalized spacial score (nSPS) is 11.1. The molecule has 6 aromatic carbocycles. The summed E-state index contributed by atoms with van der Waals surface area (Å²) >= 11 is 0. The van der Waals surface area contributed by atoms with Gasteiger partial charge in [0.15, 0.2) is 0 Å². The molecule has 0 aromatic heterocycles. The highest BCUT2D eigenvalue weighted by Gasteiger charge is 2.17. The highest BCUT2D eigenvalue weighted by atomic mass is 14.2. The van der Waals surface area contributed by atoms with E-state index in [2.05, 4.69) is 163 Å². The van der Waals surface area contributed by atoms with Gasteiger partial charge >= 0.3 is 0 Å². The molecule has 0 bridgehead atoms. The van der Waals surface area contributed by atoms with E-state index in [1.807, 2.05) is 18.2 Å². The van der Waals surface area contributed by atoms with Gasteiger partial charge in [0.25, 0.3) is 0 Å². The van der Waals surface area contributed by atoms with Gasteiger partial charge in [-0.25, -0.2) is 0 Å². The Balaban J connectivity index is 0.000000175. The van der Waals surface area contributed by atoms with E-state index in [1.54, 1.807) is 0 Å². The number of aryl methyl sites for hydroxylation is 5. The Bertz CT molecular complexity index is 1650. The minimum atomic E-state index is 0.436. The van der Waals surface area contributed by atoms with Crippen LogP contribution < -0.4 is 0 Å². The Morgan fingerprint density at radius 1 is 0.429 bits per heavy atom. The SMILES string of the molecule is CCC(c1ccccc1)c1ccc(C)cc1-c1ccccc1C.Cc1cccc2c(C)cccc12.Cc1ccccc1. The summed E-state index contributed by atoms with van der Waals surface area (Å²) in [5.41, 5.74) is 12.2. The first-order valence-electron chi connectivity index (χ1n) is 15.1. The lowest BCUT2D eigenvalue weighted by atomic mass is 9.83. The van der Waals surface area contributed by atoms with Gasteiger partial charge in [0.2, 0.25) is 0 Å². The van der Waals surface area contributed by atoms with Crippen molar-refractivity contribution in [3.05, 3.63) is 178 Å². The fraction of sp³-hybridized carbons (Fsp3) is 0.190. The van der Waals surface area contributed by atoms with Gasteiger partial charge in [0.1, 0.15) is 0 Å². The lowest BCUT2D eigenvalue weighted by Crippen LogP contribution is -2.03. The summed E-state index contributed by atoms with van der Waals surface area (Å²) in [6.45, 7) is 13.0. The van der Waals surface area contributed by atoms with Crippen LogP contribution in [-0.4, -0.2) is 0 Å². The number of hydrogen-bond acceptors (Lipinski definition) is 0. The second-order valence-corrected chi connectivity index (χ2v) is 11.2. The quantitative estimate of drug-likeness (QED) is 0.205.